The number of halogens is 1. The number of hydrogen-bond donors (Lipinski definition) is 2. The Labute approximate surface area is 102 Å². The Bertz CT molecular complexity index is 624. The lowest BCUT2D eigenvalue weighted by atomic mass is 10.7. The Kier molecular flexibility index (Phi) is 3.20. The van der Waals surface area contributed by atoms with Crippen molar-refractivity contribution in [1.29, 1.82) is 0 Å². The van der Waals surface area contributed by atoms with Gasteiger partial charge in [-0.2, -0.15) is 0 Å². The summed E-state index contributed by atoms with van der Waals surface area (Å²) in [6, 6.07) is 1.31. The molecular formula is C8H5BrN4O2S. The molecule has 0 aliphatic rings. The smallest absolute Gasteiger partial charge is 0.266 e. The lowest BCUT2D eigenvalue weighted by Gasteiger charge is -2.00. The van der Waals surface area contributed by atoms with E-state index in [0.29, 0.717) is 14.7 Å². The molecule has 8 heteroatoms. The van der Waals surface area contributed by atoms with E-state index in [2.05, 4.69) is 35.9 Å². The normalized spacial score (nSPS) is 10.3. The lowest BCUT2D eigenvalue weighted by molar-refractivity contribution is 0.922. The molecule has 2 aromatic rings. The molecule has 16 heavy (non-hydrogen) atoms. The molecule has 0 spiro atoms. The number of aromatic amines is 2. The molecule has 2 rings (SSSR count). The highest BCUT2D eigenvalue weighted by Crippen LogP contribution is 2.25. The van der Waals surface area contributed by atoms with Gasteiger partial charge >= 0.3 is 0 Å². The molecule has 0 aliphatic carbocycles. The standard InChI is InChI=1S/C8H5BrN4O2S/c9-5-6(15)11-3-12-7(5)16-8-10-2-1-4(14)13-8/h1-3H,(H,10,13,14)(H,11,12,15). The monoisotopic (exact) mass is 300 g/mol. The number of aromatic nitrogens is 4. The van der Waals surface area contributed by atoms with Crippen molar-refractivity contribution in [3.8, 4) is 0 Å². The molecule has 2 N–H and O–H groups in total. The van der Waals surface area contributed by atoms with Crippen LogP contribution in [-0.4, -0.2) is 19.9 Å². The summed E-state index contributed by atoms with van der Waals surface area (Å²) in [7, 11) is 0. The minimum absolute atomic E-state index is 0.251. The molecule has 0 saturated carbocycles. The van der Waals surface area contributed by atoms with Crippen molar-refractivity contribution in [2.45, 2.75) is 10.2 Å². The highest BCUT2D eigenvalue weighted by atomic mass is 79.9. The Balaban J connectivity index is 2.38. The maximum absolute atomic E-state index is 11.2. The fraction of sp³-hybridized carbons (Fsp3) is 0. The van der Waals surface area contributed by atoms with Crippen molar-refractivity contribution in [1.82, 2.24) is 19.9 Å². The topological polar surface area (TPSA) is 91.5 Å². The molecule has 0 unspecified atom stereocenters. The van der Waals surface area contributed by atoms with Crippen LogP contribution in [0.15, 0.2) is 42.8 Å². The first-order chi connectivity index (χ1) is 7.66. The number of hydrogen-bond acceptors (Lipinski definition) is 5. The second-order valence-electron chi connectivity index (χ2n) is 2.69. The average Bonchev–Trinajstić information content (AvgIpc) is 2.25. The maximum Gasteiger partial charge on any atom is 0.266 e. The van der Waals surface area contributed by atoms with Crippen LogP contribution in [-0.2, 0) is 0 Å². The Morgan fingerprint density at radius 3 is 2.88 bits per heavy atom. The van der Waals surface area contributed by atoms with Crippen LogP contribution in [0.1, 0.15) is 0 Å². The van der Waals surface area contributed by atoms with Gasteiger partial charge in [0.1, 0.15) is 9.50 Å². The second kappa shape index (κ2) is 4.62. The Morgan fingerprint density at radius 2 is 2.12 bits per heavy atom. The highest BCUT2D eigenvalue weighted by Gasteiger charge is 2.08. The van der Waals surface area contributed by atoms with Crippen LogP contribution in [0.2, 0.25) is 0 Å². The van der Waals surface area contributed by atoms with E-state index in [1.54, 1.807) is 0 Å². The van der Waals surface area contributed by atoms with Gasteiger partial charge in [0.15, 0.2) is 5.16 Å². The summed E-state index contributed by atoms with van der Waals surface area (Å²) >= 11 is 4.21. The SMILES string of the molecule is O=c1ccnc(Sc2nc[nH]c(=O)c2Br)[nH]1. The van der Waals surface area contributed by atoms with Gasteiger partial charge in [-0.15, -0.1) is 0 Å². The summed E-state index contributed by atoms with van der Waals surface area (Å²) in [6.07, 6.45) is 2.68. The molecule has 0 amide bonds. The molecule has 0 aromatic carbocycles. The average molecular weight is 301 g/mol. The lowest BCUT2D eigenvalue weighted by Crippen LogP contribution is -2.09. The molecule has 0 radical (unpaired) electrons. The third kappa shape index (κ3) is 2.39. The van der Waals surface area contributed by atoms with Crippen molar-refractivity contribution in [3.63, 3.8) is 0 Å². The van der Waals surface area contributed by atoms with Crippen LogP contribution in [0.4, 0.5) is 0 Å². The third-order valence-electron chi connectivity index (χ3n) is 1.61. The summed E-state index contributed by atoms with van der Waals surface area (Å²) < 4.78 is 0.312. The quantitative estimate of drug-likeness (QED) is 0.631. The molecule has 0 saturated heterocycles. The summed E-state index contributed by atoms with van der Waals surface area (Å²) in [4.78, 5) is 35.1. The van der Waals surface area contributed by atoms with Gasteiger partial charge in [-0.25, -0.2) is 9.97 Å². The Hall–Kier alpha value is -1.41. The molecule has 2 heterocycles. The van der Waals surface area contributed by atoms with E-state index in [1.165, 1.54) is 18.6 Å². The summed E-state index contributed by atoms with van der Waals surface area (Å²) in [5.74, 6) is 0. The zero-order valence-corrected chi connectivity index (χ0v) is 10.1. The van der Waals surface area contributed by atoms with Gasteiger partial charge in [-0.05, 0) is 27.7 Å². The van der Waals surface area contributed by atoms with Crippen molar-refractivity contribution < 1.29 is 0 Å². The molecule has 0 atom stereocenters. The van der Waals surface area contributed by atoms with Crippen LogP contribution in [0.5, 0.6) is 0 Å². The number of nitrogens with one attached hydrogen (secondary N) is 2. The maximum atomic E-state index is 11.2. The molecule has 0 fully saturated rings. The molecular weight excluding hydrogens is 296 g/mol. The molecule has 6 nitrogen and oxygen atoms in total. The van der Waals surface area contributed by atoms with Gasteiger partial charge in [0.05, 0.1) is 6.33 Å². The zero-order chi connectivity index (χ0) is 11.5. The third-order valence-corrected chi connectivity index (χ3v) is 3.51. The van der Waals surface area contributed by atoms with Gasteiger partial charge in [0.2, 0.25) is 0 Å². The van der Waals surface area contributed by atoms with Crippen molar-refractivity contribution in [2.75, 3.05) is 0 Å². The minimum Gasteiger partial charge on any atom is -0.312 e. The van der Waals surface area contributed by atoms with E-state index in [4.69, 9.17) is 0 Å². The van der Waals surface area contributed by atoms with Gasteiger partial charge in [-0.3, -0.25) is 9.59 Å². The van der Waals surface area contributed by atoms with E-state index in [0.717, 1.165) is 11.8 Å². The largest absolute Gasteiger partial charge is 0.312 e. The molecule has 0 aliphatic heterocycles. The van der Waals surface area contributed by atoms with Crippen LogP contribution in [0, 0.1) is 0 Å². The van der Waals surface area contributed by atoms with E-state index < -0.39 is 0 Å². The minimum atomic E-state index is -0.282. The van der Waals surface area contributed by atoms with Crippen LogP contribution in [0.3, 0.4) is 0 Å². The molecule has 0 bridgehead atoms. The van der Waals surface area contributed by atoms with Crippen LogP contribution >= 0.6 is 27.7 Å². The zero-order valence-electron chi connectivity index (χ0n) is 7.73. The molecule has 2 aromatic heterocycles. The first-order valence-corrected chi connectivity index (χ1v) is 5.74. The van der Waals surface area contributed by atoms with Gasteiger partial charge in [-0.1, -0.05) is 0 Å². The van der Waals surface area contributed by atoms with Crippen LogP contribution < -0.4 is 11.1 Å². The fourth-order valence-corrected chi connectivity index (χ4v) is 2.13. The van der Waals surface area contributed by atoms with E-state index >= 15 is 0 Å². The highest BCUT2D eigenvalue weighted by molar-refractivity contribution is 9.10. The summed E-state index contributed by atoms with van der Waals surface area (Å²) in [6.45, 7) is 0. The second-order valence-corrected chi connectivity index (χ2v) is 4.46. The van der Waals surface area contributed by atoms with Gasteiger partial charge < -0.3 is 9.97 Å². The number of rotatable bonds is 2. The van der Waals surface area contributed by atoms with E-state index in [-0.39, 0.29) is 11.1 Å². The Morgan fingerprint density at radius 1 is 1.31 bits per heavy atom. The van der Waals surface area contributed by atoms with E-state index in [9.17, 15) is 9.59 Å². The van der Waals surface area contributed by atoms with Crippen LogP contribution in [0.25, 0.3) is 0 Å². The van der Waals surface area contributed by atoms with Crippen molar-refractivity contribution in [2.24, 2.45) is 0 Å². The predicted molar refractivity (Wildman–Crippen MR) is 61.5 cm³/mol. The first-order valence-electron chi connectivity index (χ1n) is 4.13. The summed E-state index contributed by atoms with van der Waals surface area (Å²) in [5.41, 5.74) is -0.533. The fourth-order valence-electron chi connectivity index (χ4n) is 0.933. The van der Waals surface area contributed by atoms with E-state index in [1.807, 2.05) is 0 Å². The van der Waals surface area contributed by atoms with Gasteiger partial charge in [0.25, 0.3) is 11.1 Å². The number of nitrogens with zero attached hydrogens (tertiary/aromatic N) is 2. The molecule has 82 valence electrons. The first kappa shape index (κ1) is 11.1. The van der Waals surface area contributed by atoms with Crippen molar-refractivity contribution >= 4 is 27.7 Å². The van der Waals surface area contributed by atoms with Crippen molar-refractivity contribution in [3.05, 3.63) is 43.8 Å². The predicted octanol–water partition coefficient (Wildman–Crippen LogP) is 0.767. The van der Waals surface area contributed by atoms with Gasteiger partial charge in [0, 0.05) is 12.3 Å². The number of H-pyrrole nitrogens is 2. The summed E-state index contributed by atoms with van der Waals surface area (Å²) in [5, 5.41) is 0.824.